The first-order chi connectivity index (χ1) is 8.85. The van der Waals surface area contributed by atoms with Crippen LogP contribution in [0.2, 0.25) is 0 Å². The van der Waals surface area contributed by atoms with E-state index in [2.05, 4.69) is 23.5 Å². The fraction of sp³-hybridized carbons (Fsp3) is 0.600. The lowest BCUT2D eigenvalue weighted by Gasteiger charge is -2.28. The smallest absolute Gasteiger partial charge is 0.119 e. The van der Waals surface area contributed by atoms with Crippen LogP contribution in [0.4, 0.5) is 0 Å². The van der Waals surface area contributed by atoms with E-state index < -0.39 is 0 Å². The fourth-order valence-corrected chi connectivity index (χ4v) is 3.00. The Labute approximate surface area is 108 Å². The van der Waals surface area contributed by atoms with Crippen molar-refractivity contribution in [2.75, 3.05) is 20.3 Å². The second kappa shape index (κ2) is 5.29. The number of aryl methyl sites for hydroxylation is 1. The van der Waals surface area contributed by atoms with Crippen LogP contribution in [-0.2, 0) is 17.6 Å². The zero-order valence-corrected chi connectivity index (χ0v) is 10.9. The van der Waals surface area contributed by atoms with Crippen LogP contribution in [0.5, 0.6) is 5.75 Å². The Morgan fingerprint density at radius 1 is 1.22 bits per heavy atom. The van der Waals surface area contributed by atoms with Gasteiger partial charge in [-0.3, -0.25) is 0 Å². The van der Waals surface area contributed by atoms with Crippen LogP contribution in [-0.4, -0.2) is 32.4 Å². The van der Waals surface area contributed by atoms with Gasteiger partial charge in [-0.05, 0) is 48.9 Å². The topological polar surface area (TPSA) is 30.5 Å². The molecule has 0 bridgehead atoms. The minimum Gasteiger partial charge on any atom is -0.497 e. The first-order valence-corrected chi connectivity index (χ1v) is 6.85. The largest absolute Gasteiger partial charge is 0.497 e. The van der Waals surface area contributed by atoms with Crippen molar-refractivity contribution in [1.29, 1.82) is 0 Å². The highest BCUT2D eigenvalue weighted by atomic mass is 16.5. The van der Waals surface area contributed by atoms with E-state index in [4.69, 9.17) is 9.47 Å². The van der Waals surface area contributed by atoms with Gasteiger partial charge in [-0.15, -0.1) is 0 Å². The van der Waals surface area contributed by atoms with Crippen molar-refractivity contribution in [3.63, 3.8) is 0 Å². The van der Waals surface area contributed by atoms with E-state index in [0.29, 0.717) is 12.1 Å². The highest BCUT2D eigenvalue weighted by Gasteiger charge is 2.23. The molecule has 1 aliphatic carbocycles. The lowest BCUT2D eigenvalue weighted by molar-refractivity contribution is 0.187. The second-order valence-electron chi connectivity index (χ2n) is 5.30. The number of hydrogen-bond donors (Lipinski definition) is 1. The SMILES string of the molecule is COc1ccc2c(c1)CC(NC1CCOC1)CC2. The fourth-order valence-electron chi connectivity index (χ4n) is 3.00. The molecule has 18 heavy (non-hydrogen) atoms. The van der Waals surface area contributed by atoms with E-state index in [9.17, 15) is 0 Å². The molecule has 1 aliphatic heterocycles. The van der Waals surface area contributed by atoms with E-state index in [0.717, 1.165) is 31.8 Å². The normalized spacial score (nSPS) is 26.9. The second-order valence-corrected chi connectivity index (χ2v) is 5.30. The van der Waals surface area contributed by atoms with Crippen molar-refractivity contribution in [2.24, 2.45) is 0 Å². The summed E-state index contributed by atoms with van der Waals surface area (Å²) in [6.45, 7) is 1.79. The summed E-state index contributed by atoms with van der Waals surface area (Å²) in [5.74, 6) is 0.971. The van der Waals surface area contributed by atoms with Gasteiger partial charge in [0.15, 0.2) is 0 Å². The van der Waals surface area contributed by atoms with Gasteiger partial charge in [0.1, 0.15) is 5.75 Å². The summed E-state index contributed by atoms with van der Waals surface area (Å²) in [7, 11) is 1.73. The average Bonchev–Trinajstić information content (AvgIpc) is 2.90. The number of hydrogen-bond acceptors (Lipinski definition) is 3. The van der Waals surface area contributed by atoms with Crippen LogP contribution in [0.15, 0.2) is 18.2 Å². The molecule has 0 amide bonds. The number of fused-ring (bicyclic) bond motifs is 1. The van der Waals surface area contributed by atoms with E-state index in [-0.39, 0.29) is 0 Å². The minimum atomic E-state index is 0.558. The maximum atomic E-state index is 5.42. The maximum Gasteiger partial charge on any atom is 0.119 e. The Hall–Kier alpha value is -1.06. The Bertz CT molecular complexity index is 413. The molecule has 98 valence electrons. The van der Waals surface area contributed by atoms with Crippen LogP contribution >= 0.6 is 0 Å². The van der Waals surface area contributed by atoms with Gasteiger partial charge in [-0.25, -0.2) is 0 Å². The summed E-state index contributed by atoms with van der Waals surface area (Å²) >= 11 is 0. The molecule has 1 fully saturated rings. The molecule has 0 radical (unpaired) electrons. The zero-order chi connectivity index (χ0) is 12.4. The van der Waals surface area contributed by atoms with E-state index in [1.807, 2.05) is 0 Å². The molecule has 3 heteroatoms. The Morgan fingerprint density at radius 2 is 2.17 bits per heavy atom. The molecule has 0 saturated carbocycles. The molecule has 3 nitrogen and oxygen atoms in total. The molecule has 2 unspecified atom stereocenters. The summed E-state index contributed by atoms with van der Waals surface area (Å²) < 4.78 is 10.7. The van der Waals surface area contributed by atoms with Crippen molar-refractivity contribution >= 4 is 0 Å². The number of nitrogens with one attached hydrogen (secondary N) is 1. The summed E-state index contributed by atoms with van der Waals surface area (Å²) in [5, 5.41) is 3.73. The number of benzene rings is 1. The molecule has 1 N–H and O–H groups in total. The van der Waals surface area contributed by atoms with Crippen LogP contribution in [0.25, 0.3) is 0 Å². The van der Waals surface area contributed by atoms with Gasteiger partial charge in [-0.1, -0.05) is 6.07 Å². The number of rotatable bonds is 3. The molecule has 1 aromatic rings. The predicted octanol–water partition coefficient (Wildman–Crippen LogP) is 1.93. The van der Waals surface area contributed by atoms with Crippen molar-refractivity contribution in [3.05, 3.63) is 29.3 Å². The van der Waals surface area contributed by atoms with Gasteiger partial charge >= 0.3 is 0 Å². The summed E-state index contributed by atoms with van der Waals surface area (Å²) in [5.41, 5.74) is 2.92. The number of methoxy groups -OCH3 is 1. The first kappa shape index (κ1) is 12.0. The van der Waals surface area contributed by atoms with Gasteiger partial charge < -0.3 is 14.8 Å². The van der Waals surface area contributed by atoms with E-state index in [1.54, 1.807) is 7.11 Å². The van der Waals surface area contributed by atoms with Gasteiger partial charge in [0.2, 0.25) is 0 Å². The lowest BCUT2D eigenvalue weighted by Crippen LogP contribution is -2.41. The average molecular weight is 247 g/mol. The standard InChI is InChI=1S/C15H21NO2/c1-17-15-5-3-11-2-4-13(8-12(11)9-15)16-14-6-7-18-10-14/h3,5,9,13-14,16H,2,4,6-8,10H2,1H3. The summed E-state index contributed by atoms with van der Waals surface area (Å²) in [6, 6.07) is 7.62. The van der Waals surface area contributed by atoms with E-state index in [1.165, 1.54) is 24.0 Å². The molecule has 1 aromatic carbocycles. The van der Waals surface area contributed by atoms with Gasteiger partial charge in [0, 0.05) is 18.7 Å². The van der Waals surface area contributed by atoms with Gasteiger partial charge in [0.05, 0.1) is 13.7 Å². The molecule has 2 aliphatic rings. The third kappa shape index (κ3) is 2.52. The monoisotopic (exact) mass is 247 g/mol. The van der Waals surface area contributed by atoms with Crippen LogP contribution in [0.3, 0.4) is 0 Å². The molecule has 1 heterocycles. The van der Waals surface area contributed by atoms with Crippen LogP contribution in [0.1, 0.15) is 24.0 Å². The molecule has 3 rings (SSSR count). The van der Waals surface area contributed by atoms with Crippen molar-refractivity contribution in [3.8, 4) is 5.75 Å². The Morgan fingerprint density at radius 3 is 2.94 bits per heavy atom. The number of ether oxygens (including phenoxy) is 2. The summed E-state index contributed by atoms with van der Waals surface area (Å²) in [4.78, 5) is 0. The molecule has 0 aromatic heterocycles. The molecule has 0 spiro atoms. The Kier molecular flexibility index (Phi) is 3.52. The zero-order valence-electron chi connectivity index (χ0n) is 10.9. The van der Waals surface area contributed by atoms with Crippen LogP contribution < -0.4 is 10.1 Å². The molecule has 2 atom stereocenters. The Balaban J connectivity index is 1.67. The molecule has 1 saturated heterocycles. The van der Waals surface area contributed by atoms with Crippen molar-refractivity contribution in [1.82, 2.24) is 5.32 Å². The first-order valence-electron chi connectivity index (χ1n) is 6.85. The highest BCUT2D eigenvalue weighted by molar-refractivity contribution is 5.37. The van der Waals surface area contributed by atoms with Crippen molar-refractivity contribution < 1.29 is 9.47 Å². The third-order valence-corrected chi connectivity index (χ3v) is 4.04. The van der Waals surface area contributed by atoms with Crippen LogP contribution in [0, 0.1) is 0 Å². The molecular weight excluding hydrogens is 226 g/mol. The minimum absolute atomic E-state index is 0.558. The quantitative estimate of drug-likeness (QED) is 0.885. The van der Waals surface area contributed by atoms with Gasteiger partial charge in [-0.2, -0.15) is 0 Å². The highest BCUT2D eigenvalue weighted by Crippen LogP contribution is 2.26. The molecular formula is C15H21NO2. The maximum absolute atomic E-state index is 5.42. The summed E-state index contributed by atoms with van der Waals surface area (Å²) in [6.07, 6.45) is 4.67. The van der Waals surface area contributed by atoms with Crippen molar-refractivity contribution in [2.45, 2.75) is 37.8 Å². The van der Waals surface area contributed by atoms with Gasteiger partial charge in [0.25, 0.3) is 0 Å². The lowest BCUT2D eigenvalue weighted by atomic mass is 9.87. The third-order valence-electron chi connectivity index (χ3n) is 4.04. The van der Waals surface area contributed by atoms with E-state index >= 15 is 0 Å². The predicted molar refractivity (Wildman–Crippen MR) is 71.2 cm³/mol.